The first kappa shape index (κ1) is 29.5. The Balaban J connectivity index is 1.19. The largest absolute Gasteiger partial charge is 0.462 e. The monoisotopic (exact) mass is 609 g/mol. The number of amides is 1. The number of anilines is 2. The fraction of sp³-hybridized carbons (Fsp3) is 0.486. The van der Waals surface area contributed by atoms with Gasteiger partial charge >= 0.3 is 6.01 Å². The summed E-state index contributed by atoms with van der Waals surface area (Å²) in [6.07, 6.45) is 7.14. The maximum atomic E-state index is 12.8. The highest BCUT2D eigenvalue weighted by atomic mass is 19.1. The number of aromatic nitrogens is 2. The number of fused-ring (bicyclic) bond motifs is 2. The van der Waals surface area contributed by atoms with Crippen molar-refractivity contribution in [1.29, 1.82) is 5.26 Å². The van der Waals surface area contributed by atoms with E-state index in [2.05, 4.69) is 64.1 Å². The second-order valence-corrected chi connectivity index (χ2v) is 12.6. The van der Waals surface area contributed by atoms with Crippen LogP contribution < -0.4 is 14.5 Å². The summed E-state index contributed by atoms with van der Waals surface area (Å²) in [6, 6.07) is 16.3. The Morgan fingerprint density at radius 3 is 2.67 bits per heavy atom. The Morgan fingerprint density at radius 2 is 1.91 bits per heavy atom. The zero-order valence-electron chi connectivity index (χ0n) is 25.9. The molecule has 1 aromatic heterocycles. The van der Waals surface area contributed by atoms with Gasteiger partial charge in [0, 0.05) is 67.5 Å². The van der Waals surface area contributed by atoms with Crippen molar-refractivity contribution in [2.24, 2.45) is 0 Å². The van der Waals surface area contributed by atoms with Gasteiger partial charge in [0.1, 0.15) is 19.1 Å². The van der Waals surface area contributed by atoms with E-state index in [1.165, 1.54) is 47.0 Å². The van der Waals surface area contributed by atoms with Crippen LogP contribution in [0, 0.1) is 18.3 Å². The molecule has 2 atom stereocenters. The number of nitrogens with zero attached hydrogens (tertiary/aromatic N) is 7. The summed E-state index contributed by atoms with van der Waals surface area (Å²) >= 11 is 0. The highest BCUT2D eigenvalue weighted by molar-refractivity contribution is 5.97. The number of likely N-dealkylation sites (tertiary alicyclic amines) is 1. The molecule has 7 rings (SSSR count). The van der Waals surface area contributed by atoms with Gasteiger partial charge in [-0.3, -0.25) is 9.69 Å². The van der Waals surface area contributed by atoms with Crippen molar-refractivity contribution >= 4 is 28.2 Å². The highest BCUT2D eigenvalue weighted by Crippen LogP contribution is 2.37. The van der Waals surface area contributed by atoms with E-state index in [1.807, 2.05) is 0 Å². The SMILES string of the molecule is Cc1cccc2cccc(N3CCc4c(nc(OCC5CCN5C5CC5)nc4N4CCN(C(=O)/C=C/CF)[C@@H](CC#N)C4)C3)c12. The Hall–Kier alpha value is -4.23. The first-order valence-electron chi connectivity index (χ1n) is 16.2. The van der Waals surface area contributed by atoms with E-state index >= 15 is 0 Å². The lowest BCUT2D eigenvalue weighted by Gasteiger charge is -2.42. The minimum Gasteiger partial charge on any atom is -0.462 e. The van der Waals surface area contributed by atoms with Gasteiger partial charge in [-0.25, -0.2) is 4.39 Å². The van der Waals surface area contributed by atoms with Gasteiger partial charge in [-0.1, -0.05) is 30.3 Å². The maximum Gasteiger partial charge on any atom is 0.318 e. The number of alkyl halides is 1. The van der Waals surface area contributed by atoms with Gasteiger partial charge in [0.25, 0.3) is 0 Å². The fourth-order valence-corrected chi connectivity index (χ4v) is 7.25. The summed E-state index contributed by atoms with van der Waals surface area (Å²) in [7, 11) is 0. The summed E-state index contributed by atoms with van der Waals surface area (Å²) in [5.41, 5.74) is 4.52. The number of hydrogen-bond acceptors (Lipinski definition) is 8. The van der Waals surface area contributed by atoms with Crippen LogP contribution in [0.3, 0.4) is 0 Å². The lowest BCUT2D eigenvalue weighted by molar-refractivity contribution is -0.128. The minimum atomic E-state index is -0.695. The van der Waals surface area contributed by atoms with Crippen LogP contribution in [-0.4, -0.2) is 89.8 Å². The number of carbonyl (C=O) groups is 1. The topological polar surface area (TPSA) is 88.8 Å². The quantitative estimate of drug-likeness (QED) is 0.326. The molecule has 45 heavy (non-hydrogen) atoms. The van der Waals surface area contributed by atoms with Crippen molar-refractivity contribution in [2.75, 3.05) is 55.8 Å². The maximum absolute atomic E-state index is 12.8. The number of piperazine rings is 1. The molecular formula is C35H40FN7O2. The molecule has 9 nitrogen and oxygen atoms in total. The van der Waals surface area contributed by atoms with Crippen LogP contribution >= 0.6 is 0 Å². The van der Waals surface area contributed by atoms with Gasteiger partial charge in [0.2, 0.25) is 5.91 Å². The average Bonchev–Trinajstić information content (AvgIpc) is 3.87. The molecular weight excluding hydrogens is 569 g/mol. The van der Waals surface area contributed by atoms with E-state index in [9.17, 15) is 14.4 Å². The number of carbonyl (C=O) groups excluding carboxylic acids is 1. The molecule has 0 radical (unpaired) electrons. The van der Waals surface area contributed by atoms with E-state index in [4.69, 9.17) is 14.7 Å². The fourth-order valence-electron chi connectivity index (χ4n) is 7.25. The van der Waals surface area contributed by atoms with Crippen LogP contribution in [0.5, 0.6) is 6.01 Å². The zero-order valence-corrected chi connectivity index (χ0v) is 25.9. The van der Waals surface area contributed by atoms with Crippen molar-refractivity contribution in [1.82, 2.24) is 19.8 Å². The number of rotatable bonds is 9. The number of hydrogen-bond donors (Lipinski definition) is 0. The molecule has 4 aliphatic rings. The Bertz CT molecular complexity index is 1650. The molecule has 2 aromatic carbocycles. The molecule has 3 aliphatic heterocycles. The van der Waals surface area contributed by atoms with E-state index < -0.39 is 6.67 Å². The molecule has 1 amide bonds. The molecule has 0 bridgehead atoms. The summed E-state index contributed by atoms with van der Waals surface area (Å²) in [4.78, 5) is 31.7. The molecule has 1 unspecified atom stereocenters. The number of benzene rings is 2. The van der Waals surface area contributed by atoms with Crippen molar-refractivity contribution in [3.63, 3.8) is 0 Å². The predicted molar refractivity (Wildman–Crippen MR) is 172 cm³/mol. The third-order valence-electron chi connectivity index (χ3n) is 9.81. The number of ether oxygens (including phenoxy) is 1. The Labute approximate surface area is 263 Å². The molecule has 3 fully saturated rings. The molecule has 1 aliphatic carbocycles. The van der Waals surface area contributed by atoms with Gasteiger partial charge in [-0.05, 0) is 55.7 Å². The number of nitriles is 1. The van der Waals surface area contributed by atoms with Gasteiger partial charge in [-0.2, -0.15) is 15.2 Å². The van der Waals surface area contributed by atoms with E-state index in [0.29, 0.717) is 50.9 Å². The molecule has 3 aromatic rings. The zero-order chi connectivity index (χ0) is 30.9. The standard InChI is InChI=1S/C35H40FN7O2/c1-24-5-2-6-25-7-3-8-31(33(24)25)40-17-14-29-30(22-40)38-35(45-23-28-13-18-42(28)26-10-11-26)39-34(29)41-19-20-43(27(21-41)12-16-37)32(44)9-4-15-36/h2-9,26-28H,10-15,17-23H2,1H3/b9-4+/t27-,28?/m0/s1. The smallest absolute Gasteiger partial charge is 0.318 e. The summed E-state index contributed by atoms with van der Waals surface area (Å²) in [5, 5.41) is 12.1. The molecule has 0 N–H and O–H groups in total. The molecule has 0 spiro atoms. The molecule has 234 valence electrons. The van der Waals surface area contributed by atoms with E-state index in [-0.39, 0.29) is 18.4 Å². The van der Waals surface area contributed by atoms with Crippen LogP contribution in [0.15, 0.2) is 48.6 Å². The predicted octanol–water partition coefficient (Wildman–Crippen LogP) is 4.57. The van der Waals surface area contributed by atoms with Gasteiger partial charge in [-0.15, -0.1) is 0 Å². The highest BCUT2D eigenvalue weighted by Gasteiger charge is 2.40. The van der Waals surface area contributed by atoms with Gasteiger partial charge in [0.15, 0.2) is 0 Å². The minimum absolute atomic E-state index is 0.190. The summed E-state index contributed by atoms with van der Waals surface area (Å²) in [5.74, 6) is 0.578. The average molecular weight is 610 g/mol. The third-order valence-corrected chi connectivity index (χ3v) is 9.81. The van der Waals surface area contributed by atoms with Gasteiger partial charge in [0.05, 0.1) is 30.8 Å². The first-order chi connectivity index (χ1) is 22.0. The lowest BCUT2D eigenvalue weighted by Crippen LogP contribution is -2.55. The molecule has 2 saturated heterocycles. The van der Waals surface area contributed by atoms with Crippen molar-refractivity contribution < 1.29 is 13.9 Å². The first-order valence-corrected chi connectivity index (χ1v) is 16.2. The molecule has 10 heteroatoms. The van der Waals surface area contributed by atoms with Crippen molar-refractivity contribution in [2.45, 2.75) is 63.7 Å². The Kier molecular flexibility index (Phi) is 8.28. The van der Waals surface area contributed by atoms with Crippen LogP contribution in [-0.2, 0) is 17.8 Å². The summed E-state index contributed by atoms with van der Waals surface area (Å²) < 4.78 is 19.1. The van der Waals surface area contributed by atoms with Crippen LogP contribution in [0.1, 0.15) is 42.5 Å². The second kappa shape index (κ2) is 12.6. The lowest BCUT2D eigenvalue weighted by atomic mass is 9.99. The number of halogens is 1. The van der Waals surface area contributed by atoms with E-state index in [0.717, 1.165) is 43.0 Å². The number of aryl methyl sites for hydroxylation is 1. The molecule has 4 heterocycles. The molecule has 1 saturated carbocycles. The van der Waals surface area contributed by atoms with Gasteiger partial charge < -0.3 is 19.4 Å². The Morgan fingerprint density at radius 1 is 1.07 bits per heavy atom. The van der Waals surface area contributed by atoms with E-state index in [1.54, 1.807) is 4.90 Å². The number of allylic oxidation sites excluding steroid dienone is 1. The second-order valence-electron chi connectivity index (χ2n) is 12.6. The van der Waals surface area contributed by atoms with Crippen LogP contribution in [0.25, 0.3) is 10.8 Å². The van der Waals surface area contributed by atoms with Crippen LogP contribution in [0.4, 0.5) is 15.9 Å². The summed E-state index contributed by atoms with van der Waals surface area (Å²) in [6.45, 7) is 6.09. The van der Waals surface area contributed by atoms with Crippen LogP contribution in [0.2, 0.25) is 0 Å². The normalized spacial score (nSPS) is 21.9. The van der Waals surface area contributed by atoms with Crippen molar-refractivity contribution in [3.05, 3.63) is 65.4 Å². The van der Waals surface area contributed by atoms with Crippen molar-refractivity contribution in [3.8, 4) is 12.1 Å². The third kappa shape index (κ3) is 5.94.